The molecule has 0 spiro atoms. The number of piperidine rings is 1. The lowest BCUT2D eigenvalue weighted by Crippen LogP contribution is -2.40. The van der Waals surface area contributed by atoms with Crippen LogP contribution in [0.2, 0.25) is 0 Å². The quantitative estimate of drug-likeness (QED) is 0.533. The Bertz CT molecular complexity index is 920. The van der Waals surface area contributed by atoms with E-state index in [2.05, 4.69) is 50.0 Å². The van der Waals surface area contributed by atoms with Gasteiger partial charge in [-0.1, -0.05) is 42.1 Å². The summed E-state index contributed by atoms with van der Waals surface area (Å²) in [5.41, 5.74) is 1.39. The van der Waals surface area contributed by atoms with Crippen molar-refractivity contribution in [2.45, 2.75) is 49.9 Å². The van der Waals surface area contributed by atoms with E-state index in [1.165, 1.54) is 17.3 Å². The topological polar surface area (TPSA) is 72.7 Å². The van der Waals surface area contributed by atoms with E-state index in [9.17, 15) is 4.79 Å². The van der Waals surface area contributed by atoms with Gasteiger partial charge < -0.3 is 19.3 Å². The Balaban J connectivity index is 1.16. The van der Waals surface area contributed by atoms with E-state index in [1.54, 1.807) is 0 Å². The number of rotatable bonds is 8. The van der Waals surface area contributed by atoms with Crippen molar-refractivity contribution in [3.63, 3.8) is 0 Å². The third kappa shape index (κ3) is 5.93. The predicted octanol–water partition coefficient (Wildman–Crippen LogP) is 2.87. The zero-order valence-corrected chi connectivity index (χ0v) is 20.6. The molecule has 5 rings (SSSR count). The Hall–Kier alpha value is -2.10. The van der Waals surface area contributed by atoms with Gasteiger partial charge in [-0.2, -0.15) is 0 Å². The van der Waals surface area contributed by atoms with Crippen LogP contribution in [0.25, 0.3) is 0 Å². The molecule has 9 heteroatoms. The zero-order valence-electron chi connectivity index (χ0n) is 19.8. The second kappa shape index (κ2) is 11.6. The van der Waals surface area contributed by atoms with E-state index < -0.39 is 0 Å². The number of hydrogen-bond acceptors (Lipinski definition) is 7. The number of nitrogens with zero attached hydrogens (tertiary/aromatic N) is 5. The molecule has 4 heterocycles. The number of ether oxygens (including phenoxy) is 2. The zero-order chi connectivity index (χ0) is 23.2. The minimum absolute atomic E-state index is 0.189. The molecule has 0 saturated carbocycles. The highest BCUT2D eigenvalue weighted by molar-refractivity contribution is 7.99. The lowest BCUT2D eigenvalue weighted by Gasteiger charge is -2.32. The molecule has 3 aliphatic rings. The van der Waals surface area contributed by atoms with Crippen LogP contribution in [-0.4, -0.2) is 83.4 Å². The molecule has 0 N–H and O–H groups in total. The Morgan fingerprint density at radius 1 is 1.00 bits per heavy atom. The van der Waals surface area contributed by atoms with Gasteiger partial charge in [0, 0.05) is 32.8 Å². The first-order valence-electron chi connectivity index (χ1n) is 12.6. The summed E-state index contributed by atoms with van der Waals surface area (Å²) in [6.45, 7) is 6.28. The van der Waals surface area contributed by atoms with Crippen LogP contribution < -0.4 is 4.90 Å². The van der Waals surface area contributed by atoms with Crippen molar-refractivity contribution in [1.29, 1.82) is 0 Å². The summed E-state index contributed by atoms with van der Waals surface area (Å²) in [5.74, 6) is 2.12. The van der Waals surface area contributed by atoms with Gasteiger partial charge in [0.1, 0.15) is 0 Å². The lowest BCUT2D eigenvalue weighted by molar-refractivity contribution is -0.129. The fourth-order valence-electron chi connectivity index (χ4n) is 5.09. The highest BCUT2D eigenvalue weighted by atomic mass is 32.2. The number of carbonyl (C=O) groups is 1. The second-order valence-corrected chi connectivity index (χ2v) is 10.4. The molecule has 34 heavy (non-hydrogen) atoms. The predicted molar refractivity (Wildman–Crippen MR) is 132 cm³/mol. The molecule has 0 aliphatic carbocycles. The van der Waals surface area contributed by atoms with Gasteiger partial charge in [-0.05, 0) is 43.6 Å². The number of carbonyl (C=O) groups excluding carboxylic acids is 1. The molecule has 1 aromatic heterocycles. The van der Waals surface area contributed by atoms with Crippen LogP contribution in [-0.2, 0) is 27.2 Å². The maximum atomic E-state index is 13.0. The van der Waals surface area contributed by atoms with Crippen LogP contribution in [0, 0.1) is 5.92 Å². The monoisotopic (exact) mass is 485 g/mol. The molecule has 8 nitrogen and oxygen atoms in total. The molecule has 1 amide bonds. The average Bonchev–Trinajstić information content (AvgIpc) is 3.55. The minimum Gasteiger partial charge on any atom is -0.378 e. The van der Waals surface area contributed by atoms with E-state index in [0.717, 1.165) is 82.5 Å². The Morgan fingerprint density at radius 2 is 1.79 bits per heavy atom. The van der Waals surface area contributed by atoms with Gasteiger partial charge in [0.15, 0.2) is 5.16 Å². The third-order valence-corrected chi connectivity index (χ3v) is 8.01. The van der Waals surface area contributed by atoms with Crippen LogP contribution in [0.5, 0.6) is 0 Å². The Morgan fingerprint density at radius 3 is 2.53 bits per heavy atom. The van der Waals surface area contributed by atoms with Crippen molar-refractivity contribution >= 4 is 23.6 Å². The highest BCUT2D eigenvalue weighted by Gasteiger charge is 2.27. The van der Waals surface area contributed by atoms with Gasteiger partial charge in [-0.3, -0.25) is 9.36 Å². The summed E-state index contributed by atoms with van der Waals surface area (Å²) in [6.07, 6.45) is 5.59. The summed E-state index contributed by atoms with van der Waals surface area (Å²) >= 11 is 1.51. The van der Waals surface area contributed by atoms with Gasteiger partial charge >= 0.3 is 0 Å². The van der Waals surface area contributed by atoms with Gasteiger partial charge in [0.05, 0.1) is 31.6 Å². The molecule has 1 atom stereocenters. The number of hydrogen-bond donors (Lipinski definition) is 0. The Kier molecular flexibility index (Phi) is 8.03. The van der Waals surface area contributed by atoms with Crippen LogP contribution in [0.3, 0.4) is 0 Å². The van der Waals surface area contributed by atoms with Gasteiger partial charge in [-0.25, -0.2) is 0 Å². The summed E-state index contributed by atoms with van der Waals surface area (Å²) in [5, 5.41) is 9.79. The fourth-order valence-corrected chi connectivity index (χ4v) is 5.93. The molecule has 0 radical (unpaired) electrons. The maximum Gasteiger partial charge on any atom is 0.233 e. The molecular formula is C25H35N5O3S. The van der Waals surface area contributed by atoms with Crippen molar-refractivity contribution in [3.8, 4) is 0 Å². The first-order valence-corrected chi connectivity index (χ1v) is 13.6. The summed E-state index contributed by atoms with van der Waals surface area (Å²) in [6, 6.07) is 10.7. The van der Waals surface area contributed by atoms with Crippen molar-refractivity contribution in [1.82, 2.24) is 19.7 Å². The van der Waals surface area contributed by atoms with E-state index >= 15 is 0 Å². The standard InChI is InChI=1S/C25H35N5O3S/c31-23(28-10-8-21(9-11-28)17-20-5-2-1-3-6-20)19-34-25-27-26-24(29-12-15-32-16-13-29)30(25)18-22-7-4-14-33-22/h1-3,5-6,21-22H,4,7-19H2. The average molecular weight is 486 g/mol. The van der Waals surface area contributed by atoms with Crippen LogP contribution in [0.1, 0.15) is 31.2 Å². The van der Waals surface area contributed by atoms with E-state index in [1.807, 2.05) is 4.90 Å². The van der Waals surface area contributed by atoms with E-state index in [-0.39, 0.29) is 12.0 Å². The van der Waals surface area contributed by atoms with Crippen molar-refractivity contribution < 1.29 is 14.3 Å². The first kappa shape index (κ1) is 23.6. The molecule has 1 aromatic carbocycles. The molecular weight excluding hydrogens is 450 g/mol. The van der Waals surface area contributed by atoms with Gasteiger partial charge in [0.25, 0.3) is 0 Å². The van der Waals surface area contributed by atoms with Gasteiger partial charge in [0.2, 0.25) is 11.9 Å². The van der Waals surface area contributed by atoms with Crippen molar-refractivity contribution in [2.75, 3.05) is 56.7 Å². The normalized spacial score (nSPS) is 21.8. The summed E-state index contributed by atoms with van der Waals surface area (Å²) < 4.78 is 13.6. The van der Waals surface area contributed by atoms with E-state index in [0.29, 0.717) is 24.9 Å². The summed E-state index contributed by atoms with van der Waals surface area (Å²) in [4.78, 5) is 17.3. The van der Waals surface area contributed by atoms with Crippen molar-refractivity contribution in [2.24, 2.45) is 5.92 Å². The number of amides is 1. The number of thioether (sulfide) groups is 1. The van der Waals surface area contributed by atoms with Crippen LogP contribution in [0.4, 0.5) is 5.95 Å². The lowest BCUT2D eigenvalue weighted by atomic mass is 9.90. The number of anilines is 1. The number of likely N-dealkylation sites (tertiary alicyclic amines) is 1. The molecule has 2 aromatic rings. The maximum absolute atomic E-state index is 13.0. The fraction of sp³-hybridized carbons (Fsp3) is 0.640. The third-order valence-electron chi connectivity index (χ3n) is 7.06. The first-order chi connectivity index (χ1) is 16.8. The second-order valence-electron chi connectivity index (χ2n) is 9.43. The summed E-state index contributed by atoms with van der Waals surface area (Å²) in [7, 11) is 0. The number of morpholine rings is 1. The largest absolute Gasteiger partial charge is 0.378 e. The smallest absolute Gasteiger partial charge is 0.233 e. The number of benzene rings is 1. The minimum atomic E-state index is 0.189. The number of aromatic nitrogens is 3. The SMILES string of the molecule is O=C(CSc1nnc(N2CCOCC2)n1CC1CCCO1)N1CCC(Cc2ccccc2)CC1. The molecule has 1 unspecified atom stereocenters. The highest BCUT2D eigenvalue weighted by Crippen LogP contribution is 2.27. The van der Waals surface area contributed by atoms with Crippen LogP contribution in [0.15, 0.2) is 35.5 Å². The van der Waals surface area contributed by atoms with E-state index in [4.69, 9.17) is 9.47 Å². The molecule has 3 aliphatic heterocycles. The molecule has 3 saturated heterocycles. The Labute approximate surface area is 206 Å². The van der Waals surface area contributed by atoms with Crippen molar-refractivity contribution in [3.05, 3.63) is 35.9 Å². The molecule has 0 bridgehead atoms. The molecule has 3 fully saturated rings. The molecule has 184 valence electrons. The van der Waals surface area contributed by atoms with Crippen LogP contribution >= 0.6 is 11.8 Å². The van der Waals surface area contributed by atoms with Gasteiger partial charge in [-0.15, -0.1) is 10.2 Å².